The van der Waals surface area contributed by atoms with Crippen molar-refractivity contribution in [1.82, 2.24) is 37.2 Å². The number of carbonyl (C=O) groups excluding carboxylic acids is 12. The molecule has 0 fully saturated rings. The van der Waals surface area contributed by atoms with E-state index in [0.717, 1.165) is 148 Å². The van der Waals surface area contributed by atoms with Gasteiger partial charge in [-0.1, -0.05) is 148 Å². The second-order valence-electron chi connectivity index (χ2n) is 38.4. The maximum Gasteiger partial charge on any atom is 0.335 e. The number of nitrogens with one attached hydrogen (secondary N) is 7. The van der Waals surface area contributed by atoms with Crippen LogP contribution in [0, 0.1) is 11.8 Å². The van der Waals surface area contributed by atoms with Gasteiger partial charge in [-0.05, 0) is 216 Å². The molecule has 141 heavy (non-hydrogen) atoms. The van der Waals surface area contributed by atoms with Crippen LogP contribution in [-0.4, -0.2) is 213 Å². The Morgan fingerprint density at radius 3 is 0.957 bits per heavy atom. The molecule has 0 bridgehead atoms. The zero-order valence-electron chi connectivity index (χ0n) is 84.6. The summed E-state index contributed by atoms with van der Waals surface area (Å²) in [7, 11) is 0. The molecular formula is C105H180N12O24. The first kappa shape index (κ1) is 127. The maximum atomic E-state index is 13.8. The minimum Gasteiger partial charge on any atom is -0.494 e. The molecule has 0 aliphatic rings. The summed E-state index contributed by atoms with van der Waals surface area (Å²) in [4.78, 5) is 212. The molecule has 36 nitrogen and oxygen atoms in total. The van der Waals surface area contributed by atoms with E-state index in [9.17, 15) is 96.8 Å². The number of Topliss-reactive ketones (excluding diaryl/α,β-unsaturated/α-hetero) is 5. The Morgan fingerprint density at radius 2 is 0.582 bits per heavy atom. The molecule has 0 radical (unpaired) electrons. The van der Waals surface area contributed by atoms with Gasteiger partial charge in [-0.25, -0.2) is 19.2 Å². The topological polar surface area (TPSA) is 624 Å². The van der Waals surface area contributed by atoms with Crippen molar-refractivity contribution in [1.29, 1.82) is 0 Å². The van der Waals surface area contributed by atoms with Crippen molar-refractivity contribution < 1.29 is 121 Å². The van der Waals surface area contributed by atoms with Crippen LogP contribution >= 0.6 is 0 Å². The lowest BCUT2D eigenvalue weighted by atomic mass is 9.83. The van der Waals surface area contributed by atoms with Crippen molar-refractivity contribution in [2.24, 2.45) is 40.5 Å². The lowest BCUT2D eigenvalue weighted by Crippen LogP contribution is -2.43. The van der Waals surface area contributed by atoms with Gasteiger partial charge in [0.1, 0.15) is 46.7 Å². The summed E-state index contributed by atoms with van der Waals surface area (Å²) in [6.45, 7) is 5.87. The van der Waals surface area contributed by atoms with Gasteiger partial charge in [0, 0.05) is 114 Å². The van der Waals surface area contributed by atoms with Crippen LogP contribution < -0.4 is 75.4 Å². The summed E-state index contributed by atoms with van der Waals surface area (Å²) in [6.07, 6.45) is 34.1. The largest absolute Gasteiger partial charge is 0.494 e. The highest BCUT2D eigenvalue weighted by atomic mass is 16.5. The minimum atomic E-state index is -1.24. The molecule has 0 spiro atoms. The third-order valence-corrected chi connectivity index (χ3v) is 25.3. The van der Waals surface area contributed by atoms with Gasteiger partial charge in [0.15, 0.2) is 5.78 Å². The molecule has 0 heterocycles. The Bertz CT molecular complexity index is 4000. The van der Waals surface area contributed by atoms with Crippen LogP contribution in [0.4, 0.5) is 0 Å². The Labute approximate surface area is 839 Å². The Balaban J connectivity index is 0. The number of amides is 7. The molecule has 804 valence electrons. The molecule has 2 aromatic carbocycles. The minimum absolute atomic E-state index is 0. The number of ether oxygens (including phenoxy) is 2. The number of carboxylic acid groups (broad SMARTS) is 5. The summed E-state index contributed by atoms with van der Waals surface area (Å²) in [5, 5.41) is 66.8. The smallest absolute Gasteiger partial charge is 0.335 e. The van der Waals surface area contributed by atoms with Crippen LogP contribution in [0.1, 0.15) is 411 Å². The van der Waals surface area contributed by atoms with Gasteiger partial charge in [0.05, 0.1) is 60.0 Å². The molecule has 8 atom stereocenters. The number of hydrogen-bond acceptors (Lipinski definition) is 24. The number of nitrogens with two attached hydrogens (primary N) is 5. The Hall–Kier alpha value is -10.2. The molecule has 2 rings (SSSR count). The van der Waals surface area contributed by atoms with Gasteiger partial charge >= 0.3 is 29.8 Å². The average Bonchev–Trinajstić information content (AvgIpc) is 0.854. The van der Waals surface area contributed by atoms with E-state index in [4.69, 9.17) is 48.4 Å². The van der Waals surface area contributed by atoms with Crippen molar-refractivity contribution in [3.8, 4) is 11.5 Å². The number of rotatable bonds is 94. The lowest BCUT2D eigenvalue weighted by Gasteiger charge is -2.23. The van der Waals surface area contributed by atoms with Gasteiger partial charge in [0.2, 0.25) is 41.4 Å². The van der Waals surface area contributed by atoms with E-state index in [-0.39, 0.29) is 158 Å². The van der Waals surface area contributed by atoms with E-state index in [0.29, 0.717) is 198 Å². The molecule has 0 aliphatic heterocycles. The van der Waals surface area contributed by atoms with Crippen LogP contribution in [0.3, 0.4) is 0 Å². The predicted octanol–water partition coefficient (Wildman–Crippen LogP) is 13.8. The first-order valence-corrected chi connectivity index (χ1v) is 52.5. The number of unbranched alkanes of at least 4 members (excludes halogenated alkanes) is 29. The molecule has 0 aromatic heterocycles. The SMILES string of the molecule is CC(C)(N)C(=O)C[C@@H](CCCCNC(=O)[C@@H](N)CCCCCC(=O)[C@@H](N)CCCCNC(=O)CC[C@H](NC(=O)CCCCCCCNC(=O)CCCCCCCCCOc1ccc(C(=O)O)cc1)C(=O)O)C(=O)C[C@@H](CCCCNC(=O)[C@@H](N)CCCCNC(=O)[C@@H](N)CCCCCC(=O)CC[C@H](NC(=O)CCCCCCCCC(=O)CCCCCCCCCOc1ccc(C(=O)O)cc1)C(=O)O)C(=O)O.[HH].[HH].[HH]. The molecular weight excluding hydrogens is 1810 g/mol. The number of ketones is 5. The van der Waals surface area contributed by atoms with E-state index in [1.807, 2.05) is 0 Å². The fourth-order valence-electron chi connectivity index (χ4n) is 16.2. The summed E-state index contributed by atoms with van der Waals surface area (Å²) in [6, 6.07) is 7.25. The van der Waals surface area contributed by atoms with E-state index in [1.165, 1.54) is 38.1 Å². The third kappa shape index (κ3) is 67.1. The van der Waals surface area contributed by atoms with E-state index in [1.54, 1.807) is 24.3 Å². The molecule has 0 saturated heterocycles. The van der Waals surface area contributed by atoms with E-state index in [2.05, 4.69) is 37.2 Å². The Kier molecular flexibility index (Phi) is 71.4. The number of carboxylic acids is 5. The average molecular weight is 1990 g/mol. The predicted molar refractivity (Wildman–Crippen MR) is 546 cm³/mol. The molecule has 22 N–H and O–H groups in total. The van der Waals surface area contributed by atoms with Gasteiger partial charge in [-0.3, -0.25) is 62.3 Å². The summed E-state index contributed by atoms with van der Waals surface area (Å²) in [5.41, 5.74) is 30.0. The first-order chi connectivity index (χ1) is 67.5. The second-order valence-corrected chi connectivity index (χ2v) is 38.4. The molecule has 7 amide bonds. The zero-order valence-corrected chi connectivity index (χ0v) is 84.6. The number of aliphatic carboxylic acids is 3. The number of carbonyl (C=O) groups is 17. The fraction of sp³-hybridized carbons (Fsp3) is 0.724. The second kappa shape index (κ2) is 79.3. The molecule has 36 heteroatoms. The third-order valence-electron chi connectivity index (χ3n) is 25.3. The molecule has 2 aromatic rings. The molecule has 0 unspecified atom stereocenters. The van der Waals surface area contributed by atoms with Crippen molar-refractivity contribution in [3.63, 3.8) is 0 Å². The van der Waals surface area contributed by atoms with Crippen LogP contribution in [-0.2, 0) is 71.9 Å². The van der Waals surface area contributed by atoms with Gasteiger partial charge in [0.25, 0.3) is 0 Å². The molecule has 0 saturated carbocycles. The lowest BCUT2D eigenvalue weighted by molar-refractivity contribution is -0.145. The van der Waals surface area contributed by atoms with E-state index >= 15 is 0 Å². The van der Waals surface area contributed by atoms with Crippen molar-refractivity contribution >= 4 is 100 Å². The van der Waals surface area contributed by atoms with Crippen LogP contribution in [0.15, 0.2) is 48.5 Å². The van der Waals surface area contributed by atoms with Crippen molar-refractivity contribution in [3.05, 3.63) is 59.7 Å². The summed E-state index contributed by atoms with van der Waals surface area (Å²) >= 11 is 0. The van der Waals surface area contributed by atoms with E-state index < -0.39 is 95.3 Å². The van der Waals surface area contributed by atoms with Crippen LogP contribution in [0.25, 0.3) is 0 Å². The fourth-order valence-corrected chi connectivity index (χ4v) is 16.2. The van der Waals surface area contributed by atoms with Gasteiger partial charge in [-0.2, -0.15) is 0 Å². The Morgan fingerprint density at radius 1 is 0.291 bits per heavy atom. The quantitative estimate of drug-likeness (QED) is 0.0274. The highest BCUT2D eigenvalue weighted by Gasteiger charge is 2.32. The highest BCUT2D eigenvalue weighted by molar-refractivity contribution is 5.94. The maximum absolute atomic E-state index is 13.8. The van der Waals surface area contributed by atoms with Crippen LogP contribution in [0.5, 0.6) is 11.5 Å². The van der Waals surface area contributed by atoms with Gasteiger partial charge in [-0.15, -0.1) is 0 Å². The zero-order chi connectivity index (χ0) is 104. The normalized spacial score (nSPS) is 13.0. The van der Waals surface area contributed by atoms with Gasteiger partial charge < -0.3 is 101 Å². The summed E-state index contributed by atoms with van der Waals surface area (Å²) in [5.74, 6) is -8.97. The van der Waals surface area contributed by atoms with Crippen molar-refractivity contribution in [2.45, 2.75) is 428 Å². The number of aromatic carboxylic acids is 2. The summed E-state index contributed by atoms with van der Waals surface area (Å²) < 4.78 is 11.4. The highest BCUT2D eigenvalue weighted by Crippen LogP contribution is 2.26. The molecule has 0 aliphatic carbocycles. The monoisotopic (exact) mass is 1990 g/mol. The van der Waals surface area contributed by atoms with Crippen LogP contribution in [0.2, 0.25) is 0 Å². The standard InChI is InChI=1S/C105H174N12O24.3H2/c1-105(2,110)92(122)75-78(42-31-36-69-113-97(127)86(108)49-26-21-27-51-90(120)84(106)47-33-38-68-112-94(124)66-65-89(104(138)139)117-96(126)54-30-16-11-17-35-67-111-93(123)52-28-14-6-4-10-19-41-73-141-83-62-57-77(58-63-83)101(132)133)91(121)74-79(102(134)135)43-32-37-70-114-99(129)87(109)50-34-39-71-115-98(128)85(107)48-25-20-24-46-81(119)59-64-88(103(136)137)116-95(125)53-29-15-8-7-13-23-45-80(118)44-22-12-5-3-9-18-40-72-140-82-60-55-76(56-61-82)100(130)131;;;/h55-58,60-63,78-79,84-89H,3-54,59,64-75,106-110H2,1-2H3,(H,111,123)(H,112,124)(H,113,127)(H,114,129)(H,115,128)(H,116,125)(H,117,126)(H,130,131)(H,132,133)(H,134,135)(H,136,137)(H,138,139);3*1H/t78-,79-,84+,85+,86+,87+,88+,89+;;;/m1.../s1. The number of benzene rings is 2. The van der Waals surface area contributed by atoms with Crippen molar-refractivity contribution in [2.75, 3.05) is 45.9 Å². The number of hydrogen-bond donors (Lipinski definition) is 17. The first-order valence-electron chi connectivity index (χ1n) is 52.5.